The molecule has 1 aromatic rings. The third-order valence-electron chi connectivity index (χ3n) is 3.36. The van der Waals surface area contributed by atoms with Gasteiger partial charge in [-0.1, -0.05) is 0 Å². The van der Waals surface area contributed by atoms with E-state index in [9.17, 15) is 4.79 Å². The van der Waals surface area contributed by atoms with Gasteiger partial charge in [0, 0.05) is 24.3 Å². The molecule has 2 aliphatic rings. The minimum Gasteiger partial charge on any atom is -0.454 e. The number of rotatable bonds is 4. The maximum absolute atomic E-state index is 12.5. The summed E-state index contributed by atoms with van der Waals surface area (Å²) in [6.45, 7) is 0.430. The van der Waals surface area contributed by atoms with Crippen molar-refractivity contribution in [2.75, 3.05) is 25.7 Å². The van der Waals surface area contributed by atoms with Crippen LogP contribution in [0, 0.1) is 0 Å². The zero-order chi connectivity index (χ0) is 13.4. The van der Waals surface area contributed by atoms with Crippen molar-refractivity contribution in [1.82, 2.24) is 4.90 Å². The number of aliphatic hydroxyl groups excluding tert-OH is 1. The molecule has 102 valence electrons. The summed E-state index contributed by atoms with van der Waals surface area (Å²) in [5.41, 5.74) is 6.68. The van der Waals surface area contributed by atoms with Gasteiger partial charge in [0.1, 0.15) is 0 Å². The number of hydrogen-bond donors (Lipinski definition) is 2. The molecular formula is C13H16N2O4. The average Bonchev–Trinajstić information content (AvgIpc) is 3.13. The molecule has 0 aromatic heterocycles. The third kappa shape index (κ3) is 2.19. The zero-order valence-electron chi connectivity index (χ0n) is 10.5. The Morgan fingerprint density at radius 3 is 2.68 bits per heavy atom. The molecule has 3 N–H and O–H groups in total. The lowest BCUT2D eigenvalue weighted by atomic mass is 10.1. The van der Waals surface area contributed by atoms with Crippen LogP contribution >= 0.6 is 0 Å². The number of carbonyl (C=O) groups is 1. The van der Waals surface area contributed by atoms with Crippen molar-refractivity contribution in [2.24, 2.45) is 0 Å². The Morgan fingerprint density at radius 1 is 1.37 bits per heavy atom. The topological polar surface area (TPSA) is 85.0 Å². The molecule has 0 bridgehead atoms. The molecule has 19 heavy (non-hydrogen) atoms. The van der Waals surface area contributed by atoms with E-state index < -0.39 is 0 Å². The minimum absolute atomic E-state index is 0.0489. The predicted molar refractivity (Wildman–Crippen MR) is 68.1 cm³/mol. The Bertz CT molecular complexity index is 514. The van der Waals surface area contributed by atoms with Gasteiger partial charge < -0.3 is 25.2 Å². The fourth-order valence-electron chi connectivity index (χ4n) is 2.24. The van der Waals surface area contributed by atoms with Crippen molar-refractivity contribution >= 4 is 11.6 Å². The van der Waals surface area contributed by atoms with Crippen molar-refractivity contribution in [3.63, 3.8) is 0 Å². The van der Waals surface area contributed by atoms with Crippen LogP contribution in [0.1, 0.15) is 23.2 Å². The van der Waals surface area contributed by atoms with Crippen LogP contribution in [-0.4, -0.2) is 41.9 Å². The number of amides is 1. The van der Waals surface area contributed by atoms with Gasteiger partial charge >= 0.3 is 0 Å². The van der Waals surface area contributed by atoms with Crippen molar-refractivity contribution in [3.8, 4) is 11.5 Å². The first-order chi connectivity index (χ1) is 9.20. The van der Waals surface area contributed by atoms with Crippen LogP contribution in [0.15, 0.2) is 12.1 Å². The van der Waals surface area contributed by atoms with Gasteiger partial charge in [0.05, 0.1) is 12.2 Å². The molecule has 6 heteroatoms. The van der Waals surface area contributed by atoms with E-state index in [-0.39, 0.29) is 25.3 Å². The molecule has 6 nitrogen and oxygen atoms in total. The van der Waals surface area contributed by atoms with Crippen LogP contribution in [0.5, 0.6) is 11.5 Å². The Balaban J connectivity index is 1.90. The molecular weight excluding hydrogens is 248 g/mol. The van der Waals surface area contributed by atoms with Crippen LogP contribution < -0.4 is 15.2 Å². The molecule has 1 aromatic carbocycles. The number of carbonyl (C=O) groups excluding carboxylic acids is 1. The smallest absolute Gasteiger partial charge is 0.256 e. The highest BCUT2D eigenvalue weighted by Crippen LogP contribution is 2.37. The number of benzene rings is 1. The molecule has 0 spiro atoms. The first kappa shape index (κ1) is 12.1. The van der Waals surface area contributed by atoms with E-state index in [0.29, 0.717) is 29.3 Å². The van der Waals surface area contributed by atoms with Crippen molar-refractivity contribution in [3.05, 3.63) is 17.7 Å². The maximum Gasteiger partial charge on any atom is 0.256 e. The first-order valence-electron chi connectivity index (χ1n) is 6.31. The van der Waals surface area contributed by atoms with Crippen LogP contribution in [0.2, 0.25) is 0 Å². The van der Waals surface area contributed by atoms with E-state index in [1.54, 1.807) is 17.0 Å². The number of nitrogens with zero attached hydrogens (tertiary/aromatic N) is 1. The van der Waals surface area contributed by atoms with Gasteiger partial charge in [-0.15, -0.1) is 0 Å². The monoisotopic (exact) mass is 264 g/mol. The first-order valence-corrected chi connectivity index (χ1v) is 6.31. The van der Waals surface area contributed by atoms with Crippen molar-refractivity contribution in [2.45, 2.75) is 18.9 Å². The highest BCUT2D eigenvalue weighted by molar-refractivity contribution is 6.00. The number of hydrogen-bond acceptors (Lipinski definition) is 5. The van der Waals surface area contributed by atoms with Gasteiger partial charge in [-0.25, -0.2) is 0 Å². The number of anilines is 1. The maximum atomic E-state index is 12.5. The van der Waals surface area contributed by atoms with E-state index in [1.165, 1.54) is 0 Å². The van der Waals surface area contributed by atoms with Crippen LogP contribution in [-0.2, 0) is 0 Å². The lowest BCUT2D eigenvalue weighted by Gasteiger charge is -2.22. The highest BCUT2D eigenvalue weighted by atomic mass is 16.7. The van der Waals surface area contributed by atoms with Crippen molar-refractivity contribution < 1.29 is 19.4 Å². The summed E-state index contributed by atoms with van der Waals surface area (Å²) in [5, 5.41) is 9.06. The molecule has 1 amide bonds. The highest BCUT2D eigenvalue weighted by Gasteiger charge is 2.34. The average molecular weight is 264 g/mol. The molecule has 1 saturated carbocycles. The van der Waals surface area contributed by atoms with E-state index in [0.717, 1.165) is 12.8 Å². The second-order valence-corrected chi connectivity index (χ2v) is 4.75. The summed E-state index contributed by atoms with van der Waals surface area (Å²) < 4.78 is 10.5. The Hall–Kier alpha value is -1.95. The normalized spacial score (nSPS) is 16.5. The van der Waals surface area contributed by atoms with E-state index in [2.05, 4.69) is 0 Å². The SMILES string of the molecule is Nc1cc2c(cc1C(=O)N(CCO)C1CC1)OCO2. The largest absolute Gasteiger partial charge is 0.454 e. The van der Waals surface area contributed by atoms with Gasteiger partial charge in [0.15, 0.2) is 11.5 Å². The van der Waals surface area contributed by atoms with Crippen LogP contribution in [0.4, 0.5) is 5.69 Å². The number of aliphatic hydroxyl groups is 1. The molecule has 0 unspecified atom stereocenters. The quantitative estimate of drug-likeness (QED) is 0.778. The van der Waals surface area contributed by atoms with Gasteiger partial charge in [0.2, 0.25) is 6.79 Å². The standard InChI is InChI=1S/C13H16N2O4/c14-10-6-12-11(18-7-19-12)5-9(10)13(17)15(3-4-16)8-1-2-8/h5-6,8,16H,1-4,7,14H2. The van der Waals surface area contributed by atoms with Crippen LogP contribution in [0.3, 0.4) is 0 Å². The lowest BCUT2D eigenvalue weighted by Crippen LogP contribution is -2.35. The van der Waals surface area contributed by atoms with E-state index in [1.807, 2.05) is 0 Å². The predicted octanol–water partition coefficient (Wildman–Crippen LogP) is 0.594. The summed E-state index contributed by atoms with van der Waals surface area (Å²) in [7, 11) is 0. The number of fused-ring (bicyclic) bond motifs is 1. The summed E-state index contributed by atoms with van der Waals surface area (Å²) in [5.74, 6) is 0.943. The molecule has 1 heterocycles. The van der Waals surface area contributed by atoms with Gasteiger partial charge in [-0.05, 0) is 18.9 Å². The van der Waals surface area contributed by atoms with Crippen LogP contribution in [0.25, 0.3) is 0 Å². The zero-order valence-corrected chi connectivity index (χ0v) is 10.5. The van der Waals surface area contributed by atoms with Gasteiger partial charge in [0.25, 0.3) is 5.91 Å². The van der Waals surface area contributed by atoms with E-state index in [4.69, 9.17) is 20.3 Å². The van der Waals surface area contributed by atoms with E-state index >= 15 is 0 Å². The molecule has 0 saturated heterocycles. The molecule has 3 rings (SSSR count). The fraction of sp³-hybridized carbons (Fsp3) is 0.462. The van der Waals surface area contributed by atoms with Crippen molar-refractivity contribution in [1.29, 1.82) is 0 Å². The molecule has 1 aliphatic heterocycles. The Kier molecular flexibility index (Phi) is 2.94. The molecule has 1 aliphatic carbocycles. The fourth-order valence-corrected chi connectivity index (χ4v) is 2.24. The molecule has 0 radical (unpaired) electrons. The second-order valence-electron chi connectivity index (χ2n) is 4.75. The third-order valence-corrected chi connectivity index (χ3v) is 3.36. The number of ether oxygens (including phenoxy) is 2. The number of nitrogen functional groups attached to an aromatic ring is 1. The summed E-state index contributed by atoms with van der Waals surface area (Å²) >= 11 is 0. The van der Waals surface area contributed by atoms with Gasteiger partial charge in [-0.2, -0.15) is 0 Å². The Labute approximate surface area is 110 Å². The van der Waals surface area contributed by atoms with Gasteiger partial charge in [-0.3, -0.25) is 4.79 Å². The molecule has 0 atom stereocenters. The second kappa shape index (κ2) is 4.62. The lowest BCUT2D eigenvalue weighted by molar-refractivity contribution is 0.0708. The minimum atomic E-state index is -0.160. The Morgan fingerprint density at radius 2 is 2.05 bits per heavy atom. The number of nitrogens with two attached hydrogens (primary N) is 1. The summed E-state index contributed by atoms with van der Waals surface area (Å²) in [4.78, 5) is 14.1. The summed E-state index contributed by atoms with van der Waals surface area (Å²) in [6, 6.07) is 3.45. The summed E-state index contributed by atoms with van der Waals surface area (Å²) in [6.07, 6.45) is 1.96. The molecule has 1 fully saturated rings.